The Morgan fingerprint density at radius 1 is 1.40 bits per heavy atom. The molecule has 2 rings (SSSR count). The number of sulfonamides is 1. The van der Waals surface area contributed by atoms with Gasteiger partial charge in [0.15, 0.2) is 5.65 Å². The van der Waals surface area contributed by atoms with Gasteiger partial charge >= 0.3 is 0 Å². The molecule has 0 saturated carbocycles. The lowest BCUT2D eigenvalue weighted by molar-refractivity contribution is 0.475. The van der Waals surface area contributed by atoms with Crippen molar-refractivity contribution in [1.82, 2.24) is 19.3 Å². The number of hydrogen-bond acceptors (Lipinski definition) is 5. The van der Waals surface area contributed by atoms with E-state index in [1.165, 1.54) is 0 Å². The molecule has 0 aliphatic carbocycles. The van der Waals surface area contributed by atoms with Crippen molar-refractivity contribution in [2.24, 2.45) is 0 Å². The zero-order valence-electron chi connectivity index (χ0n) is 12.0. The zero-order chi connectivity index (χ0) is 15.0. The molecule has 0 fully saturated rings. The van der Waals surface area contributed by atoms with Crippen molar-refractivity contribution in [2.45, 2.75) is 26.3 Å². The van der Waals surface area contributed by atoms with E-state index in [4.69, 9.17) is 0 Å². The summed E-state index contributed by atoms with van der Waals surface area (Å²) in [6, 6.07) is 3.87. The standard InChI is InChI=1S/C12H19N5O2S/c1-9-5-6-17-10(7-9)14-11(15-17)13-8-12(2,3)16-20(4,18)19/h5-7,16H,8H2,1-4H3,(H,13,15). The molecule has 0 saturated heterocycles. The average molecular weight is 297 g/mol. The molecule has 0 aliphatic heterocycles. The van der Waals surface area contributed by atoms with E-state index in [9.17, 15) is 8.42 Å². The number of nitrogens with zero attached hydrogens (tertiary/aromatic N) is 3. The van der Waals surface area contributed by atoms with Gasteiger partial charge in [-0.05, 0) is 38.5 Å². The first-order valence-corrected chi connectivity index (χ1v) is 8.10. The summed E-state index contributed by atoms with van der Waals surface area (Å²) in [7, 11) is -3.25. The van der Waals surface area contributed by atoms with E-state index >= 15 is 0 Å². The van der Waals surface area contributed by atoms with E-state index in [2.05, 4.69) is 20.1 Å². The maximum absolute atomic E-state index is 11.3. The van der Waals surface area contributed by atoms with Gasteiger partial charge in [0.05, 0.1) is 6.26 Å². The van der Waals surface area contributed by atoms with Gasteiger partial charge in [0, 0.05) is 18.3 Å². The predicted molar refractivity (Wildman–Crippen MR) is 78.3 cm³/mol. The van der Waals surface area contributed by atoms with Crippen LogP contribution in [0.3, 0.4) is 0 Å². The molecule has 0 radical (unpaired) electrons. The molecule has 0 atom stereocenters. The van der Waals surface area contributed by atoms with E-state index < -0.39 is 15.6 Å². The lowest BCUT2D eigenvalue weighted by Gasteiger charge is -2.24. The number of anilines is 1. The summed E-state index contributed by atoms with van der Waals surface area (Å²) in [4.78, 5) is 4.34. The number of fused-ring (bicyclic) bond motifs is 1. The monoisotopic (exact) mass is 297 g/mol. The summed E-state index contributed by atoms with van der Waals surface area (Å²) in [5.41, 5.74) is 1.23. The molecule has 0 amide bonds. The Hall–Kier alpha value is -1.67. The molecule has 20 heavy (non-hydrogen) atoms. The van der Waals surface area contributed by atoms with Gasteiger partial charge in [-0.2, -0.15) is 4.98 Å². The van der Waals surface area contributed by atoms with Crippen LogP contribution in [0.15, 0.2) is 18.3 Å². The smallest absolute Gasteiger partial charge is 0.243 e. The van der Waals surface area contributed by atoms with Crippen LogP contribution in [0.1, 0.15) is 19.4 Å². The van der Waals surface area contributed by atoms with Crippen LogP contribution in [-0.2, 0) is 10.0 Å². The average Bonchev–Trinajstić information content (AvgIpc) is 2.65. The first-order valence-electron chi connectivity index (χ1n) is 6.20. The van der Waals surface area contributed by atoms with Crippen LogP contribution in [0, 0.1) is 6.92 Å². The topological polar surface area (TPSA) is 88.4 Å². The van der Waals surface area contributed by atoms with Crippen molar-refractivity contribution in [3.63, 3.8) is 0 Å². The van der Waals surface area contributed by atoms with E-state index in [1.807, 2.05) is 25.3 Å². The number of rotatable bonds is 5. The van der Waals surface area contributed by atoms with Crippen LogP contribution < -0.4 is 10.0 Å². The Morgan fingerprint density at radius 2 is 2.10 bits per heavy atom. The Labute approximate surface area is 118 Å². The number of nitrogens with one attached hydrogen (secondary N) is 2. The van der Waals surface area contributed by atoms with Crippen molar-refractivity contribution < 1.29 is 8.42 Å². The van der Waals surface area contributed by atoms with Crippen LogP contribution >= 0.6 is 0 Å². The number of hydrogen-bond donors (Lipinski definition) is 2. The van der Waals surface area contributed by atoms with Gasteiger partial charge in [-0.25, -0.2) is 17.7 Å². The Morgan fingerprint density at radius 3 is 2.75 bits per heavy atom. The van der Waals surface area contributed by atoms with E-state index in [-0.39, 0.29) is 0 Å². The molecule has 0 aliphatic rings. The molecule has 7 nitrogen and oxygen atoms in total. The highest BCUT2D eigenvalue weighted by molar-refractivity contribution is 7.88. The second kappa shape index (κ2) is 5.02. The molecule has 0 aromatic carbocycles. The largest absolute Gasteiger partial charge is 0.351 e. The second-order valence-corrected chi connectivity index (χ2v) is 7.30. The van der Waals surface area contributed by atoms with Crippen LogP contribution in [0.4, 0.5) is 5.95 Å². The maximum atomic E-state index is 11.3. The van der Waals surface area contributed by atoms with E-state index in [1.54, 1.807) is 18.4 Å². The van der Waals surface area contributed by atoms with Crippen molar-refractivity contribution in [3.05, 3.63) is 23.9 Å². The number of aromatic nitrogens is 3. The Balaban J connectivity index is 2.09. The van der Waals surface area contributed by atoms with E-state index in [0.29, 0.717) is 12.5 Å². The van der Waals surface area contributed by atoms with Gasteiger partial charge in [0.25, 0.3) is 0 Å². The molecule has 0 bridgehead atoms. The van der Waals surface area contributed by atoms with Gasteiger partial charge < -0.3 is 5.32 Å². The summed E-state index contributed by atoms with van der Waals surface area (Å²) in [6.07, 6.45) is 2.98. The summed E-state index contributed by atoms with van der Waals surface area (Å²) >= 11 is 0. The van der Waals surface area contributed by atoms with Gasteiger partial charge in [0.2, 0.25) is 16.0 Å². The highest BCUT2D eigenvalue weighted by atomic mass is 32.2. The fraction of sp³-hybridized carbons (Fsp3) is 0.500. The highest BCUT2D eigenvalue weighted by Crippen LogP contribution is 2.10. The zero-order valence-corrected chi connectivity index (χ0v) is 12.8. The molecule has 0 spiro atoms. The maximum Gasteiger partial charge on any atom is 0.243 e. The van der Waals surface area contributed by atoms with Crippen LogP contribution in [0.25, 0.3) is 5.65 Å². The molecule has 0 unspecified atom stereocenters. The molecule has 8 heteroatoms. The minimum absolute atomic E-state index is 0.385. The molecule has 2 heterocycles. The SMILES string of the molecule is Cc1ccn2nc(NCC(C)(C)NS(C)(=O)=O)nc2c1. The lowest BCUT2D eigenvalue weighted by atomic mass is 10.1. The number of pyridine rings is 1. The highest BCUT2D eigenvalue weighted by Gasteiger charge is 2.22. The third-order valence-electron chi connectivity index (χ3n) is 2.64. The Kier molecular flexibility index (Phi) is 3.70. The third-order valence-corrected chi connectivity index (χ3v) is 3.57. The van der Waals surface area contributed by atoms with Crippen molar-refractivity contribution >= 4 is 21.6 Å². The minimum Gasteiger partial charge on any atom is -0.351 e. The summed E-state index contributed by atoms with van der Waals surface area (Å²) in [5, 5.41) is 7.32. The van der Waals surface area contributed by atoms with Crippen molar-refractivity contribution in [1.29, 1.82) is 0 Å². The Bertz CT molecular complexity index is 721. The van der Waals surface area contributed by atoms with Crippen molar-refractivity contribution in [3.8, 4) is 0 Å². The predicted octanol–water partition coefficient (Wildman–Crippen LogP) is 0.777. The van der Waals surface area contributed by atoms with Gasteiger partial charge in [-0.15, -0.1) is 5.10 Å². The lowest BCUT2D eigenvalue weighted by Crippen LogP contribution is -2.47. The van der Waals surface area contributed by atoms with Crippen LogP contribution in [0.2, 0.25) is 0 Å². The summed E-state index contributed by atoms with van der Waals surface area (Å²) in [6.45, 7) is 5.96. The van der Waals surface area contributed by atoms with Gasteiger partial charge in [-0.1, -0.05) is 0 Å². The van der Waals surface area contributed by atoms with Crippen LogP contribution in [-0.4, -0.2) is 41.4 Å². The molecule has 110 valence electrons. The first kappa shape index (κ1) is 14.7. The fourth-order valence-corrected chi connectivity index (χ4v) is 2.97. The minimum atomic E-state index is -3.25. The quantitative estimate of drug-likeness (QED) is 0.851. The normalized spacial score (nSPS) is 12.8. The molecular formula is C12H19N5O2S. The molecule has 2 aromatic heterocycles. The van der Waals surface area contributed by atoms with E-state index in [0.717, 1.165) is 17.5 Å². The van der Waals surface area contributed by atoms with Gasteiger partial charge in [-0.3, -0.25) is 0 Å². The summed E-state index contributed by atoms with van der Waals surface area (Å²) in [5.74, 6) is 0.471. The molecule has 2 aromatic rings. The molecular weight excluding hydrogens is 278 g/mol. The second-order valence-electron chi connectivity index (χ2n) is 5.55. The molecule has 2 N–H and O–H groups in total. The van der Waals surface area contributed by atoms with Crippen molar-refractivity contribution in [2.75, 3.05) is 18.1 Å². The number of aryl methyl sites for hydroxylation is 1. The third kappa shape index (κ3) is 3.91. The first-order chi connectivity index (χ1) is 9.15. The fourth-order valence-electron chi connectivity index (χ4n) is 1.90. The van der Waals surface area contributed by atoms with Crippen LogP contribution in [0.5, 0.6) is 0 Å². The van der Waals surface area contributed by atoms with Gasteiger partial charge in [0.1, 0.15) is 0 Å². The summed E-state index contributed by atoms with van der Waals surface area (Å²) < 4.78 is 26.8.